The van der Waals surface area contributed by atoms with E-state index >= 15 is 0 Å². The second-order valence-corrected chi connectivity index (χ2v) is 6.27. The van der Waals surface area contributed by atoms with Crippen LogP contribution < -0.4 is 9.64 Å². The molecule has 1 aromatic heterocycles. The van der Waals surface area contributed by atoms with Crippen molar-refractivity contribution in [3.05, 3.63) is 29.6 Å². The number of aromatic nitrogens is 1. The maximum atomic E-state index is 5.19. The summed E-state index contributed by atoms with van der Waals surface area (Å²) in [6, 6.07) is 8.10. The molecule has 0 N–H and O–H groups in total. The molecule has 0 amide bonds. The molecule has 3 rings (SSSR count). The van der Waals surface area contributed by atoms with Crippen LogP contribution in [0.5, 0.6) is 5.75 Å². The highest BCUT2D eigenvalue weighted by Crippen LogP contribution is 2.30. The van der Waals surface area contributed by atoms with E-state index in [1.165, 1.54) is 12.8 Å². The summed E-state index contributed by atoms with van der Waals surface area (Å²) in [5, 5.41) is 3.30. The van der Waals surface area contributed by atoms with Crippen LogP contribution in [0.3, 0.4) is 0 Å². The average molecular weight is 288 g/mol. The molecular weight excluding hydrogens is 268 g/mol. The molecule has 0 radical (unpaired) electrons. The minimum Gasteiger partial charge on any atom is -0.497 e. The smallest absolute Gasteiger partial charge is 0.185 e. The lowest BCUT2D eigenvalue weighted by Crippen LogP contribution is -2.34. The molecule has 0 spiro atoms. The molecule has 1 aromatic carbocycles. The summed E-state index contributed by atoms with van der Waals surface area (Å²) in [6.45, 7) is 4.60. The molecule has 1 aliphatic rings. The van der Waals surface area contributed by atoms with Gasteiger partial charge >= 0.3 is 0 Å². The zero-order chi connectivity index (χ0) is 13.9. The second kappa shape index (κ2) is 5.83. The summed E-state index contributed by atoms with van der Waals surface area (Å²) in [5.74, 6) is 1.66. The van der Waals surface area contributed by atoms with Crippen LogP contribution in [0.1, 0.15) is 19.8 Å². The fourth-order valence-electron chi connectivity index (χ4n) is 2.67. The summed E-state index contributed by atoms with van der Waals surface area (Å²) >= 11 is 1.75. The first kappa shape index (κ1) is 13.4. The van der Waals surface area contributed by atoms with Gasteiger partial charge in [-0.3, -0.25) is 0 Å². The van der Waals surface area contributed by atoms with Crippen LogP contribution in [0.25, 0.3) is 11.3 Å². The van der Waals surface area contributed by atoms with Gasteiger partial charge in [0, 0.05) is 24.0 Å². The lowest BCUT2D eigenvalue weighted by atomic mass is 10.0. The Kier molecular flexibility index (Phi) is 3.92. The minimum atomic E-state index is 0.775. The number of thiazole rings is 1. The summed E-state index contributed by atoms with van der Waals surface area (Å²) in [7, 11) is 1.69. The van der Waals surface area contributed by atoms with Crippen LogP contribution in [-0.2, 0) is 0 Å². The van der Waals surface area contributed by atoms with Crippen LogP contribution in [0, 0.1) is 5.92 Å². The minimum absolute atomic E-state index is 0.775. The zero-order valence-corrected chi connectivity index (χ0v) is 12.8. The van der Waals surface area contributed by atoms with E-state index in [1.54, 1.807) is 18.4 Å². The lowest BCUT2D eigenvalue weighted by Gasteiger charge is -2.30. The molecule has 4 heteroatoms. The van der Waals surface area contributed by atoms with Crippen molar-refractivity contribution in [1.29, 1.82) is 0 Å². The Labute approximate surface area is 124 Å². The molecule has 1 saturated heterocycles. The number of ether oxygens (including phenoxy) is 1. The van der Waals surface area contributed by atoms with E-state index in [4.69, 9.17) is 9.72 Å². The van der Waals surface area contributed by atoms with Gasteiger partial charge in [0.1, 0.15) is 5.75 Å². The zero-order valence-electron chi connectivity index (χ0n) is 12.0. The first-order chi connectivity index (χ1) is 9.76. The molecule has 0 aliphatic carbocycles. The largest absolute Gasteiger partial charge is 0.497 e. The summed E-state index contributed by atoms with van der Waals surface area (Å²) in [5.41, 5.74) is 2.21. The van der Waals surface area contributed by atoms with E-state index in [-0.39, 0.29) is 0 Å². The normalized spacial score (nSPS) is 19.1. The molecule has 1 atom stereocenters. The monoisotopic (exact) mass is 288 g/mol. The van der Waals surface area contributed by atoms with E-state index in [0.717, 1.165) is 41.1 Å². The summed E-state index contributed by atoms with van der Waals surface area (Å²) in [4.78, 5) is 7.22. The molecule has 20 heavy (non-hydrogen) atoms. The van der Waals surface area contributed by atoms with E-state index in [1.807, 2.05) is 12.1 Å². The third kappa shape index (κ3) is 2.80. The molecule has 1 aliphatic heterocycles. The standard InChI is InChI=1S/C16H20N2OS/c1-12-4-3-9-18(10-12)16-17-15(11-20-16)13-5-7-14(19-2)8-6-13/h5-8,11-12H,3-4,9-10H2,1-2H3. The predicted octanol–water partition coefficient (Wildman–Crippen LogP) is 4.06. The molecule has 0 saturated carbocycles. The quantitative estimate of drug-likeness (QED) is 0.852. The highest BCUT2D eigenvalue weighted by Gasteiger charge is 2.19. The van der Waals surface area contributed by atoms with Crippen LogP contribution in [-0.4, -0.2) is 25.2 Å². The maximum Gasteiger partial charge on any atom is 0.185 e. The maximum absolute atomic E-state index is 5.19. The first-order valence-electron chi connectivity index (χ1n) is 7.11. The predicted molar refractivity (Wildman–Crippen MR) is 84.7 cm³/mol. The van der Waals surface area contributed by atoms with Crippen molar-refractivity contribution >= 4 is 16.5 Å². The lowest BCUT2D eigenvalue weighted by molar-refractivity contribution is 0.415. The first-order valence-corrected chi connectivity index (χ1v) is 7.99. The molecule has 0 bridgehead atoms. The Morgan fingerprint density at radius 1 is 1.30 bits per heavy atom. The highest BCUT2D eigenvalue weighted by atomic mass is 32.1. The SMILES string of the molecule is COc1ccc(-c2csc(N3CCCC(C)C3)n2)cc1. The van der Waals surface area contributed by atoms with E-state index in [9.17, 15) is 0 Å². The van der Waals surface area contributed by atoms with Gasteiger partial charge in [0.2, 0.25) is 0 Å². The molecule has 1 unspecified atom stereocenters. The van der Waals surface area contributed by atoms with Gasteiger partial charge in [0.05, 0.1) is 12.8 Å². The van der Waals surface area contributed by atoms with Crippen molar-refractivity contribution in [3.8, 4) is 17.0 Å². The topological polar surface area (TPSA) is 25.4 Å². The van der Waals surface area contributed by atoms with Crippen LogP contribution in [0.15, 0.2) is 29.6 Å². The van der Waals surface area contributed by atoms with Crippen molar-refractivity contribution in [3.63, 3.8) is 0 Å². The van der Waals surface area contributed by atoms with Crippen molar-refractivity contribution in [1.82, 2.24) is 4.98 Å². The van der Waals surface area contributed by atoms with E-state index in [2.05, 4.69) is 29.3 Å². The Morgan fingerprint density at radius 2 is 2.10 bits per heavy atom. The van der Waals surface area contributed by atoms with Crippen molar-refractivity contribution in [2.45, 2.75) is 19.8 Å². The van der Waals surface area contributed by atoms with E-state index in [0.29, 0.717) is 0 Å². The Bertz CT molecular complexity index is 564. The number of benzene rings is 1. The number of hydrogen-bond donors (Lipinski definition) is 0. The Balaban J connectivity index is 1.78. The van der Waals surface area contributed by atoms with Gasteiger partial charge < -0.3 is 9.64 Å². The van der Waals surface area contributed by atoms with Gasteiger partial charge in [-0.25, -0.2) is 4.98 Å². The van der Waals surface area contributed by atoms with Gasteiger partial charge in [-0.15, -0.1) is 11.3 Å². The Hall–Kier alpha value is -1.55. The van der Waals surface area contributed by atoms with Gasteiger partial charge in [-0.1, -0.05) is 6.92 Å². The highest BCUT2D eigenvalue weighted by molar-refractivity contribution is 7.14. The molecule has 1 fully saturated rings. The van der Waals surface area contributed by atoms with Crippen molar-refractivity contribution < 1.29 is 4.74 Å². The van der Waals surface area contributed by atoms with Crippen molar-refractivity contribution in [2.75, 3.05) is 25.1 Å². The van der Waals surface area contributed by atoms with Gasteiger partial charge in [-0.2, -0.15) is 0 Å². The molecule has 106 valence electrons. The number of nitrogens with zero attached hydrogens (tertiary/aromatic N) is 2. The third-order valence-corrected chi connectivity index (χ3v) is 4.71. The summed E-state index contributed by atoms with van der Waals surface area (Å²) < 4.78 is 5.19. The second-order valence-electron chi connectivity index (χ2n) is 5.44. The third-order valence-electron chi connectivity index (χ3n) is 3.81. The van der Waals surface area contributed by atoms with Gasteiger partial charge in [0.15, 0.2) is 5.13 Å². The number of methoxy groups -OCH3 is 1. The molecule has 3 nitrogen and oxygen atoms in total. The van der Waals surface area contributed by atoms with Crippen LogP contribution in [0.2, 0.25) is 0 Å². The van der Waals surface area contributed by atoms with Crippen molar-refractivity contribution in [2.24, 2.45) is 5.92 Å². The van der Waals surface area contributed by atoms with Gasteiger partial charge in [-0.05, 0) is 43.0 Å². The van der Waals surface area contributed by atoms with Gasteiger partial charge in [0.25, 0.3) is 0 Å². The fourth-order valence-corrected chi connectivity index (χ4v) is 3.54. The molecule has 2 aromatic rings. The molecule has 2 heterocycles. The summed E-state index contributed by atoms with van der Waals surface area (Å²) in [6.07, 6.45) is 2.62. The number of rotatable bonds is 3. The van der Waals surface area contributed by atoms with E-state index < -0.39 is 0 Å². The fraction of sp³-hybridized carbons (Fsp3) is 0.438. The van der Waals surface area contributed by atoms with Crippen LogP contribution in [0.4, 0.5) is 5.13 Å². The number of piperidine rings is 1. The number of anilines is 1. The number of hydrogen-bond acceptors (Lipinski definition) is 4. The Morgan fingerprint density at radius 3 is 2.80 bits per heavy atom. The average Bonchev–Trinajstić information content (AvgIpc) is 2.97. The van der Waals surface area contributed by atoms with Crippen LogP contribution >= 0.6 is 11.3 Å². The molecular formula is C16H20N2OS.